The molecule has 2 aromatic rings. The molecule has 1 aliphatic rings. The van der Waals surface area contributed by atoms with E-state index in [2.05, 4.69) is 41.0 Å². The van der Waals surface area contributed by atoms with Gasteiger partial charge in [0, 0.05) is 30.9 Å². The first-order chi connectivity index (χ1) is 13.6. The van der Waals surface area contributed by atoms with Crippen LogP contribution in [0.15, 0.2) is 41.8 Å². The highest BCUT2D eigenvalue weighted by Crippen LogP contribution is 2.38. The molecule has 28 heavy (non-hydrogen) atoms. The van der Waals surface area contributed by atoms with Gasteiger partial charge < -0.3 is 10.2 Å². The minimum atomic E-state index is -0.564. The number of rotatable bonds is 7. The van der Waals surface area contributed by atoms with E-state index in [0.717, 1.165) is 25.8 Å². The molecule has 150 valence electrons. The molecule has 2 heterocycles. The lowest BCUT2D eigenvalue weighted by Crippen LogP contribution is -2.54. The molecule has 0 radical (unpaired) electrons. The van der Waals surface area contributed by atoms with Crippen LogP contribution in [0.3, 0.4) is 0 Å². The quantitative estimate of drug-likeness (QED) is 0.746. The van der Waals surface area contributed by atoms with Crippen molar-refractivity contribution in [1.29, 1.82) is 0 Å². The van der Waals surface area contributed by atoms with Crippen LogP contribution in [0.25, 0.3) is 10.4 Å². The smallest absolute Gasteiger partial charge is 0.228 e. The molecular formula is C23H30N2O2S. The highest BCUT2D eigenvalue weighted by molar-refractivity contribution is 7.13. The molecule has 1 unspecified atom stereocenters. The highest BCUT2D eigenvalue weighted by atomic mass is 32.1. The van der Waals surface area contributed by atoms with Crippen LogP contribution in [-0.4, -0.2) is 36.3 Å². The predicted molar refractivity (Wildman–Crippen MR) is 115 cm³/mol. The number of piperidine rings is 1. The number of carbonyl (C=O) groups excluding carboxylic acids is 2. The van der Waals surface area contributed by atoms with Gasteiger partial charge in [-0.2, -0.15) is 0 Å². The van der Waals surface area contributed by atoms with Crippen LogP contribution in [-0.2, 0) is 16.0 Å². The van der Waals surface area contributed by atoms with Gasteiger partial charge in [-0.3, -0.25) is 9.59 Å². The van der Waals surface area contributed by atoms with Gasteiger partial charge in [-0.15, -0.1) is 11.3 Å². The van der Waals surface area contributed by atoms with E-state index in [-0.39, 0.29) is 11.8 Å². The Morgan fingerprint density at radius 2 is 2.00 bits per heavy atom. The van der Waals surface area contributed by atoms with Crippen molar-refractivity contribution in [3.63, 3.8) is 0 Å². The van der Waals surface area contributed by atoms with Crippen molar-refractivity contribution in [2.75, 3.05) is 19.6 Å². The van der Waals surface area contributed by atoms with Gasteiger partial charge >= 0.3 is 0 Å². The molecule has 1 atom stereocenters. The number of hydrogen-bond donors (Lipinski definition) is 1. The molecule has 1 fully saturated rings. The van der Waals surface area contributed by atoms with Crippen LogP contribution >= 0.6 is 11.3 Å². The standard InChI is InChI=1S/C23H30N2O2S/c1-3-9-21(26)25-14-8-13-23(17-25,22(27)24-4-2)16-18-10-5-6-11-19(18)20-12-7-15-28-20/h5-7,10-12,15H,3-4,8-9,13-14,16-17H2,1-2H3,(H,24,27). The van der Waals surface area contributed by atoms with Crippen LogP contribution in [0.4, 0.5) is 0 Å². The SMILES string of the molecule is CCCC(=O)N1CCCC(Cc2ccccc2-c2cccs2)(C(=O)NCC)C1. The van der Waals surface area contributed by atoms with Crippen LogP contribution in [0.1, 0.15) is 45.1 Å². The van der Waals surface area contributed by atoms with Gasteiger partial charge in [-0.05, 0) is 55.2 Å². The lowest BCUT2D eigenvalue weighted by molar-refractivity contribution is -0.141. The molecule has 3 rings (SSSR count). The summed E-state index contributed by atoms with van der Waals surface area (Å²) in [5.41, 5.74) is 1.81. The first kappa shape index (κ1) is 20.6. The van der Waals surface area contributed by atoms with Crippen LogP contribution in [0, 0.1) is 5.41 Å². The summed E-state index contributed by atoms with van der Waals surface area (Å²) in [5.74, 6) is 0.243. The number of thiophene rings is 1. The molecular weight excluding hydrogens is 368 g/mol. The molecule has 1 N–H and O–H groups in total. The highest BCUT2D eigenvalue weighted by Gasteiger charge is 2.43. The van der Waals surface area contributed by atoms with Crippen molar-refractivity contribution in [1.82, 2.24) is 10.2 Å². The molecule has 0 saturated carbocycles. The third kappa shape index (κ3) is 4.46. The number of nitrogens with zero attached hydrogens (tertiary/aromatic N) is 1. The van der Waals surface area contributed by atoms with Crippen molar-refractivity contribution in [2.45, 2.75) is 46.0 Å². The van der Waals surface area contributed by atoms with E-state index in [1.54, 1.807) is 11.3 Å². The number of hydrogen-bond acceptors (Lipinski definition) is 3. The summed E-state index contributed by atoms with van der Waals surface area (Å²) in [7, 11) is 0. The van der Waals surface area contributed by atoms with Gasteiger partial charge in [0.15, 0.2) is 0 Å². The van der Waals surface area contributed by atoms with Gasteiger partial charge in [0.2, 0.25) is 11.8 Å². The lowest BCUT2D eigenvalue weighted by Gasteiger charge is -2.42. The third-order valence-corrected chi connectivity index (χ3v) is 6.45. The van der Waals surface area contributed by atoms with E-state index in [0.29, 0.717) is 25.9 Å². The fourth-order valence-corrected chi connectivity index (χ4v) is 4.97. The van der Waals surface area contributed by atoms with E-state index in [1.807, 2.05) is 24.8 Å². The monoisotopic (exact) mass is 398 g/mol. The molecule has 0 aliphatic carbocycles. The number of carbonyl (C=O) groups is 2. The van der Waals surface area contributed by atoms with E-state index in [4.69, 9.17) is 0 Å². The van der Waals surface area contributed by atoms with Crippen LogP contribution < -0.4 is 5.32 Å². The fourth-order valence-electron chi connectivity index (χ4n) is 4.19. The van der Waals surface area contributed by atoms with E-state index >= 15 is 0 Å². The Balaban J connectivity index is 1.94. The van der Waals surface area contributed by atoms with Gasteiger partial charge in [0.25, 0.3) is 0 Å². The normalized spacial score (nSPS) is 19.4. The number of amides is 2. The Kier molecular flexibility index (Phi) is 6.89. The fraction of sp³-hybridized carbons (Fsp3) is 0.478. The minimum Gasteiger partial charge on any atom is -0.356 e. The zero-order valence-electron chi connectivity index (χ0n) is 16.9. The van der Waals surface area contributed by atoms with Gasteiger partial charge in [-0.25, -0.2) is 0 Å². The first-order valence-corrected chi connectivity index (χ1v) is 11.2. The summed E-state index contributed by atoms with van der Waals surface area (Å²) < 4.78 is 0. The zero-order chi connectivity index (χ0) is 20.0. The molecule has 1 saturated heterocycles. The maximum absolute atomic E-state index is 13.2. The Morgan fingerprint density at radius 1 is 1.18 bits per heavy atom. The van der Waals surface area contributed by atoms with Gasteiger partial charge in [0.05, 0.1) is 5.41 Å². The van der Waals surface area contributed by atoms with Crippen molar-refractivity contribution < 1.29 is 9.59 Å². The zero-order valence-corrected chi connectivity index (χ0v) is 17.7. The lowest BCUT2D eigenvalue weighted by atomic mass is 9.73. The second-order valence-corrected chi connectivity index (χ2v) is 8.57. The Hall–Kier alpha value is -2.14. The first-order valence-electron chi connectivity index (χ1n) is 10.3. The minimum absolute atomic E-state index is 0.0741. The second-order valence-electron chi connectivity index (χ2n) is 7.62. The molecule has 2 amide bonds. The Bertz CT molecular complexity index is 803. The summed E-state index contributed by atoms with van der Waals surface area (Å²) in [6.45, 7) is 5.85. The van der Waals surface area contributed by atoms with Crippen molar-refractivity contribution in [3.05, 3.63) is 47.3 Å². The average molecular weight is 399 g/mol. The van der Waals surface area contributed by atoms with Crippen LogP contribution in [0.5, 0.6) is 0 Å². The third-order valence-electron chi connectivity index (χ3n) is 5.55. The Morgan fingerprint density at radius 3 is 2.71 bits per heavy atom. The number of benzene rings is 1. The molecule has 1 aromatic carbocycles. The number of likely N-dealkylation sites (tertiary alicyclic amines) is 1. The second kappa shape index (κ2) is 9.37. The molecule has 5 heteroatoms. The topological polar surface area (TPSA) is 49.4 Å². The molecule has 0 spiro atoms. The summed E-state index contributed by atoms with van der Waals surface area (Å²) in [4.78, 5) is 28.9. The van der Waals surface area contributed by atoms with E-state index < -0.39 is 5.41 Å². The van der Waals surface area contributed by atoms with E-state index in [9.17, 15) is 9.59 Å². The number of nitrogens with one attached hydrogen (secondary N) is 1. The maximum Gasteiger partial charge on any atom is 0.228 e. The Labute approximate surface area is 172 Å². The van der Waals surface area contributed by atoms with Gasteiger partial charge in [-0.1, -0.05) is 37.3 Å². The molecule has 4 nitrogen and oxygen atoms in total. The molecule has 1 aliphatic heterocycles. The summed E-state index contributed by atoms with van der Waals surface area (Å²) >= 11 is 1.72. The largest absolute Gasteiger partial charge is 0.356 e. The molecule has 1 aromatic heterocycles. The summed E-state index contributed by atoms with van der Waals surface area (Å²) in [6, 6.07) is 12.5. The summed E-state index contributed by atoms with van der Waals surface area (Å²) in [6.07, 6.45) is 3.73. The van der Waals surface area contributed by atoms with E-state index in [1.165, 1.54) is 16.0 Å². The average Bonchev–Trinajstić information content (AvgIpc) is 3.23. The van der Waals surface area contributed by atoms with Crippen molar-refractivity contribution >= 4 is 23.2 Å². The predicted octanol–water partition coefficient (Wildman–Crippen LogP) is 4.50. The van der Waals surface area contributed by atoms with Crippen molar-refractivity contribution in [3.8, 4) is 10.4 Å². The summed E-state index contributed by atoms with van der Waals surface area (Å²) in [5, 5.41) is 5.13. The molecule has 0 bridgehead atoms. The maximum atomic E-state index is 13.2. The van der Waals surface area contributed by atoms with Gasteiger partial charge in [0.1, 0.15) is 0 Å². The van der Waals surface area contributed by atoms with Crippen molar-refractivity contribution in [2.24, 2.45) is 5.41 Å². The van der Waals surface area contributed by atoms with Crippen LogP contribution in [0.2, 0.25) is 0 Å².